The Labute approximate surface area is 148 Å². The summed E-state index contributed by atoms with van der Waals surface area (Å²) in [5.74, 6) is 0.996. The van der Waals surface area contributed by atoms with E-state index in [2.05, 4.69) is 27.9 Å². The van der Waals surface area contributed by atoms with Crippen LogP contribution in [-0.4, -0.2) is 34.4 Å². The number of amides is 1. The summed E-state index contributed by atoms with van der Waals surface area (Å²) in [7, 11) is 1.67. The van der Waals surface area contributed by atoms with Crippen molar-refractivity contribution in [3.8, 4) is 5.75 Å². The van der Waals surface area contributed by atoms with E-state index >= 15 is 0 Å². The van der Waals surface area contributed by atoms with Gasteiger partial charge in [-0.15, -0.1) is 0 Å². The van der Waals surface area contributed by atoms with Crippen molar-refractivity contribution in [2.45, 2.75) is 38.8 Å². The molecular formula is C19H24N4O2. The number of primary amides is 1. The molecule has 132 valence electrons. The fourth-order valence-corrected chi connectivity index (χ4v) is 3.45. The second kappa shape index (κ2) is 6.80. The standard InChI is InChI=1S/C19H24N4O2/c1-13-10-16(17(20)24)22-18(21-13)19(2)8-5-9-23(19)12-14-6-4-7-15(11-14)25-3/h4,6-7,10-11H,5,8-9,12H2,1-3H3,(H2,20,24)/t19-/m0/s1. The maximum Gasteiger partial charge on any atom is 0.267 e. The van der Waals surface area contributed by atoms with Gasteiger partial charge in [0.25, 0.3) is 5.91 Å². The largest absolute Gasteiger partial charge is 0.497 e. The number of likely N-dealkylation sites (tertiary alicyclic amines) is 1. The molecule has 2 aromatic rings. The normalized spacial score (nSPS) is 20.6. The Bertz CT molecular complexity index is 793. The summed E-state index contributed by atoms with van der Waals surface area (Å²) in [6.45, 7) is 5.73. The van der Waals surface area contributed by atoms with Crippen molar-refractivity contribution in [3.05, 3.63) is 53.1 Å². The molecule has 1 aliphatic rings. The first kappa shape index (κ1) is 17.4. The predicted octanol–water partition coefficient (Wildman–Crippen LogP) is 2.40. The Morgan fingerprint density at radius 1 is 1.36 bits per heavy atom. The van der Waals surface area contributed by atoms with Gasteiger partial charge in [0.2, 0.25) is 0 Å². The van der Waals surface area contributed by atoms with Crippen molar-refractivity contribution in [3.63, 3.8) is 0 Å². The number of hydrogen-bond acceptors (Lipinski definition) is 5. The number of rotatable bonds is 5. The van der Waals surface area contributed by atoms with Crippen LogP contribution in [0.15, 0.2) is 30.3 Å². The number of aromatic nitrogens is 2. The molecule has 6 nitrogen and oxygen atoms in total. The van der Waals surface area contributed by atoms with Gasteiger partial charge in [-0.3, -0.25) is 9.69 Å². The molecule has 0 unspecified atom stereocenters. The van der Waals surface area contributed by atoms with Gasteiger partial charge in [-0.1, -0.05) is 12.1 Å². The number of nitrogens with two attached hydrogens (primary N) is 1. The van der Waals surface area contributed by atoms with Gasteiger partial charge in [0.15, 0.2) is 0 Å². The van der Waals surface area contributed by atoms with Crippen LogP contribution in [0.25, 0.3) is 0 Å². The van der Waals surface area contributed by atoms with Gasteiger partial charge in [-0.25, -0.2) is 9.97 Å². The van der Waals surface area contributed by atoms with Crippen molar-refractivity contribution in [1.82, 2.24) is 14.9 Å². The summed E-state index contributed by atoms with van der Waals surface area (Å²) >= 11 is 0. The Morgan fingerprint density at radius 2 is 2.16 bits per heavy atom. The lowest BCUT2D eigenvalue weighted by Gasteiger charge is -2.34. The average molecular weight is 340 g/mol. The van der Waals surface area contributed by atoms with E-state index in [1.54, 1.807) is 13.2 Å². The molecule has 0 bridgehead atoms. The van der Waals surface area contributed by atoms with E-state index in [1.165, 1.54) is 5.56 Å². The van der Waals surface area contributed by atoms with Crippen LogP contribution in [0.5, 0.6) is 5.75 Å². The SMILES string of the molecule is COc1cccc(CN2CCC[C@@]2(C)c2nc(C)cc(C(N)=O)n2)c1. The van der Waals surface area contributed by atoms with Crippen LogP contribution in [0.3, 0.4) is 0 Å². The molecule has 1 saturated heterocycles. The van der Waals surface area contributed by atoms with Gasteiger partial charge in [-0.05, 0) is 57.0 Å². The van der Waals surface area contributed by atoms with Gasteiger partial charge in [-0.2, -0.15) is 0 Å². The molecule has 3 rings (SSSR count). The van der Waals surface area contributed by atoms with Crippen molar-refractivity contribution in [1.29, 1.82) is 0 Å². The van der Waals surface area contributed by atoms with E-state index in [9.17, 15) is 4.79 Å². The molecule has 1 atom stereocenters. The second-order valence-electron chi connectivity index (χ2n) is 6.73. The number of methoxy groups -OCH3 is 1. The second-order valence-corrected chi connectivity index (χ2v) is 6.73. The van der Waals surface area contributed by atoms with Crippen molar-refractivity contribution in [2.75, 3.05) is 13.7 Å². The van der Waals surface area contributed by atoms with Crippen LogP contribution in [0, 0.1) is 6.92 Å². The lowest BCUT2D eigenvalue weighted by Crippen LogP contribution is -2.40. The van der Waals surface area contributed by atoms with Gasteiger partial charge >= 0.3 is 0 Å². The highest BCUT2D eigenvalue weighted by molar-refractivity contribution is 5.90. The Morgan fingerprint density at radius 3 is 2.88 bits per heavy atom. The maximum atomic E-state index is 11.6. The number of hydrogen-bond donors (Lipinski definition) is 1. The molecule has 0 spiro atoms. The van der Waals surface area contributed by atoms with Gasteiger partial charge in [0, 0.05) is 12.2 Å². The average Bonchev–Trinajstić information content (AvgIpc) is 2.96. The molecule has 0 radical (unpaired) electrons. The number of carbonyl (C=O) groups is 1. The first-order valence-corrected chi connectivity index (χ1v) is 8.46. The molecule has 1 aromatic carbocycles. The molecule has 1 aromatic heterocycles. The predicted molar refractivity (Wildman–Crippen MR) is 95.3 cm³/mol. The first-order chi connectivity index (χ1) is 11.9. The highest BCUT2D eigenvalue weighted by atomic mass is 16.5. The van der Waals surface area contributed by atoms with E-state index in [0.29, 0.717) is 5.82 Å². The number of aryl methyl sites for hydroxylation is 1. The fraction of sp³-hybridized carbons (Fsp3) is 0.421. The fourth-order valence-electron chi connectivity index (χ4n) is 3.45. The number of ether oxygens (including phenoxy) is 1. The Balaban J connectivity index is 1.92. The zero-order valence-electron chi connectivity index (χ0n) is 15.0. The molecule has 1 fully saturated rings. The van der Waals surface area contributed by atoms with E-state index in [4.69, 9.17) is 10.5 Å². The van der Waals surface area contributed by atoms with Crippen molar-refractivity contribution < 1.29 is 9.53 Å². The minimum Gasteiger partial charge on any atom is -0.497 e. The molecular weight excluding hydrogens is 316 g/mol. The number of benzene rings is 1. The molecule has 6 heteroatoms. The van der Waals surface area contributed by atoms with Crippen molar-refractivity contribution in [2.24, 2.45) is 5.73 Å². The number of carbonyl (C=O) groups excluding carboxylic acids is 1. The molecule has 2 heterocycles. The zero-order chi connectivity index (χ0) is 18.0. The molecule has 0 saturated carbocycles. The van der Waals surface area contributed by atoms with Crippen LogP contribution in [-0.2, 0) is 12.1 Å². The minimum atomic E-state index is -0.521. The third-order valence-corrected chi connectivity index (χ3v) is 4.89. The van der Waals surface area contributed by atoms with Crippen LogP contribution in [0.2, 0.25) is 0 Å². The molecule has 2 N–H and O–H groups in total. The third-order valence-electron chi connectivity index (χ3n) is 4.89. The van der Waals surface area contributed by atoms with Crippen LogP contribution in [0.4, 0.5) is 0 Å². The van der Waals surface area contributed by atoms with Gasteiger partial charge in [0.05, 0.1) is 12.6 Å². The summed E-state index contributed by atoms with van der Waals surface area (Å²) in [6, 6.07) is 9.71. The van der Waals surface area contributed by atoms with E-state index in [0.717, 1.165) is 37.4 Å². The topological polar surface area (TPSA) is 81.3 Å². The lowest BCUT2D eigenvalue weighted by molar-refractivity contribution is 0.0991. The van der Waals surface area contributed by atoms with E-state index < -0.39 is 5.91 Å². The van der Waals surface area contributed by atoms with Crippen molar-refractivity contribution >= 4 is 5.91 Å². The summed E-state index contributed by atoms with van der Waals surface area (Å²) in [5, 5.41) is 0. The Kier molecular flexibility index (Phi) is 4.72. The smallest absolute Gasteiger partial charge is 0.267 e. The quantitative estimate of drug-likeness (QED) is 0.904. The van der Waals surface area contributed by atoms with Crippen LogP contribution in [0.1, 0.15) is 47.3 Å². The van der Waals surface area contributed by atoms with Gasteiger partial charge < -0.3 is 10.5 Å². The van der Waals surface area contributed by atoms with Gasteiger partial charge in [0.1, 0.15) is 17.3 Å². The minimum absolute atomic E-state index is 0.275. The molecule has 25 heavy (non-hydrogen) atoms. The lowest BCUT2D eigenvalue weighted by atomic mass is 9.96. The monoisotopic (exact) mass is 340 g/mol. The maximum absolute atomic E-state index is 11.6. The van der Waals surface area contributed by atoms with Crippen LogP contribution >= 0.6 is 0 Å². The molecule has 0 aliphatic carbocycles. The molecule has 1 amide bonds. The van der Waals surface area contributed by atoms with Crippen LogP contribution < -0.4 is 10.5 Å². The molecule has 1 aliphatic heterocycles. The summed E-state index contributed by atoms with van der Waals surface area (Å²) in [6.07, 6.45) is 2.00. The summed E-state index contributed by atoms with van der Waals surface area (Å²) in [5.41, 5.74) is 7.32. The Hall–Kier alpha value is -2.47. The van der Waals surface area contributed by atoms with E-state index in [-0.39, 0.29) is 11.2 Å². The summed E-state index contributed by atoms with van der Waals surface area (Å²) < 4.78 is 5.32. The first-order valence-electron chi connectivity index (χ1n) is 8.46. The zero-order valence-corrected chi connectivity index (χ0v) is 15.0. The summed E-state index contributed by atoms with van der Waals surface area (Å²) in [4.78, 5) is 23.0. The highest BCUT2D eigenvalue weighted by Gasteiger charge is 2.41. The number of nitrogens with zero attached hydrogens (tertiary/aromatic N) is 3. The highest BCUT2D eigenvalue weighted by Crippen LogP contribution is 2.38. The third kappa shape index (κ3) is 3.49. The van der Waals surface area contributed by atoms with E-state index in [1.807, 2.05) is 25.1 Å².